The molecule has 1 spiro atoms. The predicted molar refractivity (Wildman–Crippen MR) is 82.8 cm³/mol. The second-order valence-corrected chi connectivity index (χ2v) is 6.57. The van der Waals surface area contributed by atoms with E-state index in [0.29, 0.717) is 19.0 Å². The number of methoxy groups -OCH3 is 1. The molecule has 1 aliphatic carbocycles. The minimum absolute atomic E-state index is 0.115. The van der Waals surface area contributed by atoms with Crippen LogP contribution < -0.4 is 9.47 Å². The van der Waals surface area contributed by atoms with Crippen molar-refractivity contribution in [2.24, 2.45) is 11.2 Å². The van der Waals surface area contributed by atoms with Gasteiger partial charge in [-0.1, -0.05) is 25.1 Å². The smallest absolute Gasteiger partial charge is 0.166 e. The summed E-state index contributed by atoms with van der Waals surface area (Å²) in [7, 11) is 1.67. The third-order valence-corrected chi connectivity index (χ3v) is 5.29. The summed E-state index contributed by atoms with van der Waals surface area (Å²) in [6.07, 6.45) is 6.53. The summed E-state index contributed by atoms with van der Waals surface area (Å²) in [6, 6.07) is 3.97. The van der Waals surface area contributed by atoms with E-state index < -0.39 is 0 Å². The van der Waals surface area contributed by atoms with Gasteiger partial charge in [-0.3, -0.25) is 5.01 Å². The van der Waals surface area contributed by atoms with Gasteiger partial charge < -0.3 is 9.47 Å². The zero-order chi connectivity index (χ0) is 15.3. The molecule has 0 fully saturated rings. The second kappa shape index (κ2) is 4.73. The van der Waals surface area contributed by atoms with E-state index in [4.69, 9.17) is 9.47 Å². The van der Waals surface area contributed by atoms with Gasteiger partial charge in [-0.15, -0.1) is 4.91 Å². The molecule has 0 aromatic heterocycles. The van der Waals surface area contributed by atoms with Crippen LogP contribution in [0.5, 0.6) is 11.5 Å². The van der Waals surface area contributed by atoms with Crippen LogP contribution in [0.4, 0.5) is 0 Å². The minimum Gasteiger partial charge on any atom is -0.493 e. The van der Waals surface area contributed by atoms with Crippen molar-refractivity contribution < 1.29 is 9.47 Å². The van der Waals surface area contributed by atoms with E-state index in [0.717, 1.165) is 29.9 Å². The average molecular weight is 300 g/mol. The van der Waals surface area contributed by atoms with Gasteiger partial charge in [0.05, 0.1) is 24.4 Å². The molecule has 0 saturated carbocycles. The SMILES string of the molecule is COc1ccc2c3c1O[C@H]1CC(C)C=CC31CCN(N=O)C2. The highest BCUT2D eigenvalue weighted by Gasteiger charge is 2.52. The monoisotopic (exact) mass is 300 g/mol. The van der Waals surface area contributed by atoms with Gasteiger partial charge >= 0.3 is 0 Å². The van der Waals surface area contributed by atoms with Gasteiger partial charge in [0.1, 0.15) is 6.10 Å². The molecule has 3 aliphatic rings. The number of rotatable bonds is 2. The number of ether oxygens (including phenoxy) is 2. The van der Waals surface area contributed by atoms with Crippen molar-refractivity contribution >= 4 is 0 Å². The summed E-state index contributed by atoms with van der Waals surface area (Å²) in [5.74, 6) is 2.14. The maximum atomic E-state index is 11.1. The van der Waals surface area contributed by atoms with Gasteiger partial charge in [-0.05, 0) is 30.4 Å². The zero-order valence-electron chi connectivity index (χ0n) is 12.9. The molecule has 0 amide bonds. The molecule has 4 rings (SSSR count). The average Bonchev–Trinajstić information content (AvgIpc) is 2.76. The lowest BCUT2D eigenvalue weighted by atomic mass is 9.68. The van der Waals surface area contributed by atoms with Crippen molar-refractivity contribution in [2.45, 2.75) is 37.8 Å². The summed E-state index contributed by atoms with van der Waals surface area (Å²) in [5.41, 5.74) is 2.17. The summed E-state index contributed by atoms with van der Waals surface area (Å²) in [5, 5.41) is 4.78. The molecular formula is C17H20N2O3. The Balaban J connectivity index is 1.94. The molecule has 5 nitrogen and oxygen atoms in total. The maximum Gasteiger partial charge on any atom is 0.166 e. The lowest BCUT2D eigenvalue weighted by molar-refractivity contribution is 0.124. The van der Waals surface area contributed by atoms with Crippen LogP contribution in [-0.2, 0) is 12.0 Å². The molecule has 0 N–H and O–H groups in total. The third-order valence-electron chi connectivity index (χ3n) is 5.29. The van der Waals surface area contributed by atoms with Crippen LogP contribution in [0.25, 0.3) is 0 Å². The van der Waals surface area contributed by atoms with E-state index >= 15 is 0 Å². The van der Waals surface area contributed by atoms with Crippen LogP contribution in [0, 0.1) is 10.8 Å². The predicted octanol–water partition coefficient (Wildman–Crippen LogP) is 3.18. The van der Waals surface area contributed by atoms with Crippen LogP contribution in [0.2, 0.25) is 0 Å². The molecule has 2 aliphatic heterocycles. The molecule has 3 atom stereocenters. The molecule has 5 heteroatoms. The molecule has 0 saturated heterocycles. The molecule has 2 unspecified atom stereocenters. The zero-order valence-corrected chi connectivity index (χ0v) is 12.9. The summed E-state index contributed by atoms with van der Waals surface area (Å²) in [6.45, 7) is 3.40. The normalized spacial score (nSPS) is 31.8. The highest BCUT2D eigenvalue weighted by atomic mass is 16.5. The third kappa shape index (κ3) is 1.71. The standard InChI is InChI=1S/C17H20N2O3/c1-11-5-6-17-7-8-19(18-20)10-12-3-4-13(21-2)16(15(12)17)22-14(17)9-11/h3-6,11,14H,7-10H2,1-2H3/t11?,14-,17?/m0/s1. The Hall–Kier alpha value is -2.04. The Morgan fingerprint density at radius 3 is 3.09 bits per heavy atom. The van der Waals surface area contributed by atoms with E-state index in [2.05, 4.69) is 24.4 Å². The first-order valence-corrected chi connectivity index (χ1v) is 7.82. The Bertz CT molecular complexity index is 658. The Kier molecular flexibility index (Phi) is 2.93. The van der Waals surface area contributed by atoms with Crippen molar-refractivity contribution in [3.63, 3.8) is 0 Å². The Morgan fingerprint density at radius 1 is 1.45 bits per heavy atom. The number of nitroso groups, excluding NO2 is 1. The summed E-state index contributed by atoms with van der Waals surface area (Å²) >= 11 is 0. The lowest BCUT2D eigenvalue weighted by Gasteiger charge is -2.36. The number of hydrogen-bond acceptors (Lipinski definition) is 4. The van der Waals surface area contributed by atoms with E-state index in [-0.39, 0.29) is 11.5 Å². The second-order valence-electron chi connectivity index (χ2n) is 6.57. The van der Waals surface area contributed by atoms with Gasteiger partial charge in [0.25, 0.3) is 0 Å². The molecule has 0 bridgehead atoms. The van der Waals surface area contributed by atoms with E-state index in [1.807, 2.05) is 12.1 Å². The highest BCUT2D eigenvalue weighted by molar-refractivity contribution is 5.60. The van der Waals surface area contributed by atoms with E-state index in [1.165, 1.54) is 5.56 Å². The maximum absolute atomic E-state index is 11.1. The van der Waals surface area contributed by atoms with Crippen molar-refractivity contribution in [1.82, 2.24) is 5.01 Å². The fourth-order valence-corrected chi connectivity index (χ4v) is 4.16. The Morgan fingerprint density at radius 2 is 2.32 bits per heavy atom. The largest absolute Gasteiger partial charge is 0.493 e. The first-order valence-electron chi connectivity index (χ1n) is 7.82. The topological polar surface area (TPSA) is 51.1 Å². The van der Waals surface area contributed by atoms with Crippen LogP contribution in [-0.4, -0.2) is 24.8 Å². The number of benzene rings is 1. The number of nitrogens with zero attached hydrogens (tertiary/aromatic N) is 2. The fourth-order valence-electron chi connectivity index (χ4n) is 4.16. The molecule has 2 heterocycles. The van der Waals surface area contributed by atoms with Crippen molar-refractivity contribution in [3.05, 3.63) is 40.3 Å². The number of hydrogen-bond donors (Lipinski definition) is 0. The quantitative estimate of drug-likeness (QED) is 0.622. The van der Waals surface area contributed by atoms with E-state index in [9.17, 15) is 4.91 Å². The van der Waals surface area contributed by atoms with Gasteiger partial charge in [-0.25, -0.2) is 0 Å². The van der Waals surface area contributed by atoms with Gasteiger partial charge in [0, 0.05) is 12.1 Å². The molecule has 1 aromatic carbocycles. The van der Waals surface area contributed by atoms with Gasteiger partial charge in [0.15, 0.2) is 11.5 Å². The van der Waals surface area contributed by atoms with Gasteiger partial charge in [-0.2, -0.15) is 0 Å². The fraction of sp³-hybridized carbons (Fsp3) is 0.529. The van der Waals surface area contributed by atoms with Crippen LogP contribution in [0.3, 0.4) is 0 Å². The molecule has 116 valence electrons. The first-order chi connectivity index (χ1) is 10.7. The van der Waals surface area contributed by atoms with Crippen LogP contribution in [0.1, 0.15) is 30.9 Å². The van der Waals surface area contributed by atoms with Crippen LogP contribution >= 0.6 is 0 Å². The minimum atomic E-state index is -0.148. The highest BCUT2D eigenvalue weighted by Crippen LogP contribution is 2.56. The molecular weight excluding hydrogens is 280 g/mol. The molecule has 22 heavy (non-hydrogen) atoms. The van der Waals surface area contributed by atoms with Crippen molar-refractivity contribution in [3.8, 4) is 11.5 Å². The lowest BCUT2D eigenvalue weighted by Crippen LogP contribution is -2.41. The number of allylic oxidation sites excluding steroid dienone is 1. The first kappa shape index (κ1) is 13.6. The summed E-state index contributed by atoms with van der Waals surface area (Å²) in [4.78, 5) is 11.1. The van der Waals surface area contributed by atoms with E-state index in [1.54, 1.807) is 12.1 Å². The molecule has 1 aromatic rings. The molecule has 0 radical (unpaired) electrons. The van der Waals surface area contributed by atoms with Crippen molar-refractivity contribution in [1.29, 1.82) is 0 Å². The van der Waals surface area contributed by atoms with Crippen LogP contribution in [0.15, 0.2) is 29.6 Å². The summed E-state index contributed by atoms with van der Waals surface area (Å²) < 4.78 is 11.8. The van der Waals surface area contributed by atoms with Gasteiger partial charge in [0.2, 0.25) is 0 Å². The van der Waals surface area contributed by atoms with Crippen molar-refractivity contribution in [2.75, 3.05) is 13.7 Å². The Labute approximate surface area is 129 Å².